The third-order valence-corrected chi connectivity index (χ3v) is 4.53. The van der Waals surface area contributed by atoms with Crippen LogP contribution < -0.4 is 10.1 Å². The molecule has 130 valence electrons. The van der Waals surface area contributed by atoms with E-state index in [9.17, 15) is 13.2 Å². The molecule has 1 N–H and O–H groups in total. The largest absolute Gasteiger partial charge is 0.484 e. The molecule has 0 bridgehead atoms. The Morgan fingerprint density at radius 3 is 2.75 bits per heavy atom. The lowest BCUT2D eigenvalue weighted by atomic mass is 10.1. The molecule has 2 rings (SSSR count). The summed E-state index contributed by atoms with van der Waals surface area (Å²) >= 11 is 0. The number of carbonyl (C=O) groups is 1. The number of sulfone groups is 1. The molecule has 6 nitrogen and oxygen atoms in total. The third kappa shape index (κ3) is 5.73. The molecule has 0 fully saturated rings. The predicted molar refractivity (Wildman–Crippen MR) is 89.7 cm³/mol. The van der Waals surface area contributed by atoms with Crippen molar-refractivity contribution < 1.29 is 22.4 Å². The number of hydrogen-bond donors (Lipinski definition) is 1. The van der Waals surface area contributed by atoms with Crippen LogP contribution in [0.15, 0.2) is 52.0 Å². The monoisotopic (exact) mass is 351 g/mol. The molecule has 1 unspecified atom stereocenters. The quantitative estimate of drug-likeness (QED) is 0.788. The molecule has 0 aliphatic carbocycles. The Balaban J connectivity index is 1.78. The molecular weight excluding hydrogens is 330 g/mol. The van der Waals surface area contributed by atoms with Crippen LogP contribution in [0.25, 0.3) is 0 Å². The molecular formula is C17H21NO5S. The van der Waals surface area contributed by atoms with Crippen molar-refractivity contribution in [1.82, 2.24) is 5.32 Å². The summed E-state index contributed by atoms with van der Waals surface area (Å²) < 4.78 is 33.6. The number of hydrogen-bond acceptors (Lipinski definition) is 5. The zero-order valence-corrected chi connectivity index (χ0v) is 14.5. The van der Waals surface area contributed by atoms with E-state index in [-0.39, 0.29) is 23.5 Å². The highest BCUT2D eigenvalue weighted by atomic mass is 32.2. The highest BCUT2D eigenvalue weighted by molar-refractivity contribution is 7.90. The number of rotatable bonds is 8. The number of benzene rings is 1. The Kier molecular flexibility index (Phi) is 6.03. The Labute approximate surface area is 141 Å². The van der Waals surface area contributed by atoms with Gasteiger partial charge in [0.2, 0.25) is 0 Å². The molecule has 1 atom stereocenters. The lowest BCUT2D eigenvalue weighted by Gasteiger charge is -2.14. The van der Waals surface area contributed by atoms with Crippen LogP contribution in [0.5, 0.6) is 5.75 Å². The lowest BCUT2D eigenvalue weighted by Crippen LogP contribution is -2.36. The van der Waals surface area contributed by atoms with Crippen molar-refractivity contribution in [1.29, 1.82) is 0 Å². The maximum atomic E-state index is 11.9. The van der Waals surface area contributed by atoms with Crippen LogP contribution in [0.4, 0.5) is 0 Å². The van der Waals surface area contributed by atoms with E-state index >= 15 is 0 Å². The van der Waals surface area contributed by atoms with Crippen molar-refractivity contribution >= 4 is 15.7 Å². The topological polar surface area (TPSA) is 85.6 Å². The van der Waals surface area contributed by atoms with Crippen molar-refractivity contribution in [3.05, 3.63) is 48.4 Å². The Morgan fingerprint density at radius 2 is 2.08 bits per heavy atom. The molecule has 24 heavy (non-hydrogen) atoms. The summed E-state index contributed by atoms with van der Waals surface area (Å²) in [6.07, 6.45) is 4.24. The fourth-order valence-corrected chi connectivity index (χ4v) is 2.80. The molecule has 0 saturated heterocycles. The molecule has 2 aromatic rings. The highest BCUT2D eigenvalue weighted by Crippen LogP contribution is 2.17. The van der Waals surface area contributed by atoms with Crippen LogP contribution in [0, 0.1) is 0 Å². The number of carbonyl (C=O) groups excluding carboxylic acids is 1. The van der Waals surface area contributed by atoms with E-state index in [0.29, 0.717) is 5.75 Å². The minimum Gasteiger partial charge on any atom is -0.484 e. The Hall–Kier alpha value is -2.28. The first-order valence-corrected chi connectivity index (χ1v) is 9.48. The lowest BCUT2D eigenvalue weighted by molar-refractivity contribution is -0.123. The normalized spacial score (nSPS) is 12.6. The van der Waals surface area contributed by atoms with Crippen molar-refractivity contribution in [3.63, 3.8) is 0 Å². The molecule has 0 aliphatic rings. The zero-order chi connectivity index (χ0) is 17.6. The van der Waals surface area contributed by atoms with Crippen molar-refractivity contribution in [2.24, 2.45) is 0 Å². The fraction of sp³-hybridized carbons (Fsp3) is 0.353. The van der Waals surface area contributed by atoms with Gasteiger partial charge >= 0.3 is 0 Å². The summed E-state index contributed by atoms with van der Waals surface area (Å²) in [6.45, 7) is 1.74. The van der Waals surface area contributed by atoms with Crippen LogP contribution >= 0.6 is 0 Å². The van der Waals surface area contributed by atoms with Gasteiger partial charge in [0.1, 0.15) is 11.5 Å². The van der Waals surface area contributed by atoms with E-state index < -0.39 is 9.84 Å². The van der Waals surface area contributed by atoms with Crippen molar-refractivity contribution in [2.45, 2.75) is 30.7 Å². The van der Waals surface area contributed by atoms with Gasteiger partial charge in [-0.2, -0.15) is 0 Å². The third-order valence-electron chi connectivity index (χ3n) is 3.41. The fourth-order valence-electron chi connectivity index (χ4n) is 2.15. The number of furan rings is 1. The molecule has 1 aromatic carbocycles. The predicted octanol–water partition coefficient (Wildman–Crippen LogP) is 2.20. The van der Waals surface area contributed by atoms with Gasteiger partial charge in [0.05, 0.1) is 11.2 Å². The van der Waals surface area contributed by atoms with Crippen LogP contribution in [0.3, 0.4) is 0 Å². The van der Waals surface area contributed by atoms with Gasteiger partial charge in [0, 0.05) is 18.7 Å². The van der Waals surface area contributed by atoms with Gasteiger partial charge in [0.25, 0.3) is 5.91 Å². The molecule has 0 spiro atoms. The minimum absolute atomic E-state index is 0.0199. The van der Waals surface area contributed by atoms with Gasteiger partial charge in [-0.15, -0.1) is 0 Å². The van der Waals surface area contributed by atoms with Gasteiger partial charge in [-0.3, -0.25) is 4.79 Å². The summed E-state index contributed by atoms with van der Waals surface area (Å²) in [5, 5.41) is 2.83. The van der Waals surface area contributed by atoms with E-state index in [0.717, 1.165) is 24.9 Å². The SMILES string of the molecule is CC(CCc1ccco1)NC(=O)COc1cccc(S(C)(=O)=O)c1. The van der Waals surface area contributed by atoms with Crippen LogP contribution in [0.2, 0.25) is 0 Å². The first-order chi connectivity index (χ1) is 11.3. The second-order valence-corrected chi connectivity index (χ2v) is 7.64. The van der Waals surface area contributed by atoms with Gasteiger partial charge in [-0.05, 0) is 43.7 Å². The van der Waals surface area contributed by atoms with E-state index in [1.807, 2.05) is 19.1 Å². The minimum atomic E-state index is -3.30. The molecule has 1 aromatic heterocycles. The number of amides is 1. The molecule has 0 saturated carbocycles. The van der Waals surface area contributed by atoms with E-state index in [4.69, 9.17) is 9.15 Å². The van der Waals surface area contributed by atoms with Gasteiger partial charge < -0.3 is 14.5 Å². The average Bonchev–Trinajstić information content (AvgIpc) is 3.04. The summed E-state index contributed by atoms with van der Waals surface area (Å²) in [5.74, 6) is 0.966. The molecule has 0 aliphatic heterocycles. The van der Waals surface area contributed by atoms with E-state index in [1.54, 1.807) is 18.4 Å². The second kappa shape index (κ2) is 8.01. The summed E-state index contributed by atoms with van der Waals surface area (Å²) in [7, 11) is -3.30. The van der Waals surface area contributed by atoms with Gasteiger partial charge in [-0.25, -0.2) is 8.42 Å². The molecule has 1 heterocycles. The van der Waals surface area contributed by atoms with E-state index in [1.165, 1.54) is 12.1 Å². The van der Waals surface area contributed by atoms with Crippen LogP contribution in [-0.2, 0) is 21.1 Å². The number of ether oxygens (including phenoxy) is 1. The Bertz CT molecular complexity index is 768. The number of nitrogens with one attached hydrogen (secondary N) is 1. The summed E-state index contributed by atoms with van der Waals surface area (Å²) in [5.41, 5.74) is 0. The highest BCUT2D eigenvalue weighted by Gasteiger charge is 2.11. The second-order valence-electron chi connectivity index (χ2n) is 5.62. The average molecular weight is 351 g/mol. The maximum absolute atomic E-state index is 11.9. The van der Waals surface area contributed by atoms with Crippen LogP contribution in [-0.4, -0.2) is 33.2 Å². The maximum Gasteiger partial charge on any atom is 0.258 e. The first kappa shape index (κ1) is 18.1. The van der Waals surface area contributed by atoms with Gasteiger partial charge in [-0.1, -0.05) is 6.07 Å². The molecule has 7 heteroatoms. The molecule has 1 amide bonds. The molecule has 0 radical (unpaired) electrons. The van der Waals surface area contributed by atoms with Crippen molar-refractivity contribution in [2.75, 3.05) is 12.9 Å². The zero-order valence-electron chi connectivity index (χ0n) is 13.7. The standard InChI is InChI=1S/C17H21NO5S/c1-13(8-9-14-6-4-10-22-14)18-17(19)12-23-15-5-3-7-16(11-15)24(2,20)21/h3-7,10-11,13H,8-9,12H2,1-2H3,(H,18,19). The van der Waals surface area contributed by atoms with Crippen LogP contribution in [0.1, 0.15) is 19.1 Å². The first-order valence-electron chi connectivity index (χ1n) is 7.59. The van der Waals surface area contributed by atoms with Crippen molar-refractivity contribution in [3.8, 4) is 5.75 Å². The van der Waals surface area contributed by atoms with Gasteiger partial charge in [0.15, 0.2) is 16.4 Å². The number of aryl methyl sites for hydroxylation is 1. The Morgan fingerprint density at radius 1 is 1.29 bits per heavy atom. The van der Waals surface area contributed by atoms with E-state index in [2.05, 4.69) is 5.32 Å². The summed E-state index contributed by atoms with van der Waals surface area (Å²) in [4.78, 5) is 12.1. The summed E-state index contributed by atoms with van der Waals surface area (Å²) in [6, 6.07) is 9.79. The smallest absolute Gasteiger partial charge is 0.258 e.